The van der Waals surface area contributed by atoms with Gasteiger partial charge in [0, 0.05) is 22.5 Å². The van der Waals surface area contributed by atoms with Crippen LogP contribution in [-0.4, -0.2) is 37.5 Å². The lowest BCUT2D eigenvalue weighted by Crippen LogP contribution is -2.23. The van der Waals surface area contributed by atoms with Crippen molar-refractivity contribution in [1.82, 2.24) is 0 Å². The van der Waals surface area contributed by atoms with Gasteiger partial charge < -0.3 is 10.6 Å². The van der Waals surface area contributed by atoms with Gasteiger partial charge in [0.15, 0.2) is 11.6 Å². The molecule has 0 fully saturated rings. The van der Waals surface area contributed by atoms with Crippen LogP contribution < -0.4 is 10.6 Å². The average Bonchev–Trinajstić information content (AvgIpc) is 2.94. The van der Waals surface area contributed by atoms with E-state index in [2.05, 4.69) is 10.6 Å². The van der Waals surface area contributed by atoms with E-state index in [0.717, 1.165) is 0 Å². The number of anilines is 4. The Balaban J connectivity index is 1.72. The molecule has 0 amide bonds. The zero-order valence-corrected chi connectivity index (χ0v) is 26.4. The van der Waals surface area contributed by atoms with Crippen molar-refractivity contribution < 1.29 is 35.5 Å². The van der Waals surface area contributed by atoms with Crippen LogP contribution in [-0.2, 0) is 20.2 Å². The molecule has 4 N–H and O–H groups in total. The number of benzene rings is 4. The molecular formula is C32H30N2O8S2. The molecule has 44 heavy (non-hydrogen) atoms. The first-order chi connectivity index (χ1) is 20.4. The Morgan fingerprint density at radius 1 is 0.545 bits per heavy atom. The van der Waals surface area contributed by atoms with Gasteiger partial charge in [0.25, 0.3) is 20.2 Å². The summed E-state index contributed by atoms with van der Waals surface area (Å²) in [6.07, 6.45) is 0. The zero-order chi connectivity index (χ0) is 32.5. The lowest BCUT2D eigenvalue weighted by molar-refractivity contribution is 0.0980. The van der Waals surface area contributed by atoms with Crippen LogP contribution in [0.1, 0.15) is 65.2 Å². The van der Waals surface area contributed by atoms with Crippen molar-refractivity contribution in [1.29, 1.82) is 0 Å². The second-order valence-corrected chi connectivity index (χ2v) is 13.7. The number of hydrogen-bond acceptors (Lipinski definition) is 8. The number of carbonyl (C=O) groups is 2. The van der Waals surface area contributed by atoms with E-state index >= 15 is 0 Å². The Kier molecular flexibility index (Phi) is 7.53. The van der Waals surface area contributed by atoms with Gasteiger partial charge in [-0.3, -0.25) is 18.7 Å². The Morgan fingerprint density at radius 3 is 1.20 bits per heavy atom. The molecule has 0 radical (unpaired) electrons. The van der Waals surface area contributed by atoms with Gasteiger partial charge in [-0.05, 0) is 99.2 Å². The van der Waals surface area contributed by atoms with Gasteiger partial charge in [-0.25, -0.2) is 0 Å². The highest BCUT2D eigenvalue weighted by Gasteiger charge is 2.35. The van der Waals surface area contributed by atoms with E-state index < -0.39 is 31.8 Å². The molecule has 0 saturated heterocycles. The minimum Gasteiger partial charge on any atom is -0.354 e. The predicted octanol–water partition coefficient (Wildman–Crippen LogP) is 6.29. The van der Waals surface area contributed by atoms with Crippen LogP contribution in [0.25, 0.3) is 0 Å². The maximum Gasteiger partial charge on any atom is 0.294 e. The van der Waals surface area contributed by atoms with Crippen molar-refractivity contribution in [2.75, 3.05) is 10.6 Å². The molecule has 0 aliphatic heterocycles. The summed E-state index contributed by atoms with van der Waals surface area (Å²) < 4.78 is 67.2. The average molecular weight is 635 g/mol. The van der Waals surface area contributed by atoms with Gasteiger partial charge in [-0.15, -0.1) is 0 Å². The Labute approximate surface area is 255 Å². The van der Waals surface area contributed by atoms with Gasteiger partial charge in [0.05, 0.1) is 32.3 Å². The van der Waals surface area contributed by atoms with Crippen molar-refractivity contribution in [3.63, 3.8) is 0 Å². The lowest BCUT2D eigenvalue weighted by atomic mass is 9.82. The van der Waals surface area contributed by atoms with E-state index in [4.69, 9.17) is 0 Å². The normalized spacial score (nSPS) is 13.0. The Bertz CT molecular complexity index is 2020. The highest BCUT2D eigenvalue weighted by Crippen LogP contribution is 2.41. The summed E-state index contributed by atoms with van der Waals surface area (Å²) in [6.45, 7) is 9.84. The number of rotatable bonds is 6. The third-order valence-corrected chi connectivity index (χ3v) is 10.2. The minimum absolute atomic E-state index is 0.107. The highest BCUT2D eigenvalue weighted by molar-refractivity contribution is 7.86. The molecule has 0 spiro atoms. The molecule has 0 aromatic heterocycles. The van der Waals surface area contributed by atoms with Crippen LogP contribution >= 0.6 is 0 Å². The summed E-state index contributed by atoms with van der Waals surface area (Å²) in [5.74, 6) is -0.788. The molecule has 228 valence electrons. The van der Waals surface area contributed by atoms with Crippen LogP contribution in [0.15, 0.2) is 58.3 Å². The second kappa shape index (κ2) is 10.7. The summed E-state index contributed by atoms with van der Waals surface area (Å²) in [4.78, 5) is 27.6. The van der Waals surface area contributed by atoms with Crippen molar-refractivity contribution in [2.24, 2.45) is 0 Å². The van der Waals surface area contributed by atoms with Crippen LogP contribution in [0.5, 0.6) is 0 Å². The minimum atomic E-state index is -4.47. The van der Waals surface area contributed by atoms with E-state index in [0.29, 0.717) is 56.1 Å². The first-order valence-electron chi connectivity index (χ1n) is 13.5. The van der Waals surface area contributed by atoms with E-state index in [1.165, 1.54) is 12.1 Å². The SMILES string of the molecule is Cc1cc(S(=O)(=O)O)c(C)c(C)c1Nc1ccc(Nc2c(C)cc(S(=O)(=O)O)c(C)c2C)c2c1C(=O)c1ccccc1C2=O. The van der Waals surface area contributed by atoms with Crippen LogP contribution in [0.3, 0.4) is 0 Å². The van der Waals surface area contributed by atoms with Gasteiger partial charge in [-0.1, -0.05) is 24.3 Å². The molecule has 5 rings (SSSR count). The molecular weight excluding hydrogens is 604 g/mol. The number of nitrogens with one attached hydrogen (secondary N) is 2. The molecule has 0 bridgehead atoms. The maximum atomic E-state index is 14.0. The summed E-state index contributed by atoms with van der Waals surface area (Å²) in [6, 6.07) is 12.4. The van der Waals surface area contributed by atoms with E-state index in [1.54, 1.807) is 77.9 Å². The fraction of sp³-hybridized carbons (Fsp3) is 0.188. The van der Waals surface area contributed by atoms with Gasteiger partial charge in [0.2, 0.25) is 0 Å². The Hall–Kier alpha value is -4.36. The van der Waals surface area contributed by atoms with Crippen LogP contribution in [0.2, 0.25) is 0 Å². The van der Waals surface area contributed by atoms with Crippen LogP contribution in [0, 0.1) is 41.5 Å². The largest absolute Gasteiger partial charge is 0.354 e. The molecule has 4 aromatic carbocycles. The molecule has 4 aromatic rings. The van der Waals surface area contributed by atoms with E-state index in [-0.39, 0.29) is 32.0 Å². The molecule has 10 nitrogen and oxygen atoms in total. The van der Waals surface area contributed by atoms with Crippen molar-refractivity contribution in [3.05, 3.63) is 104 Å². The van der Waals surface area contributed by atoms with Gasteiger partial charge in [0.1, 0.15) is 0 Å². The number of ketones is 2. The molecule has 0 saturated carbocycles. The van der Waals surface area contributed by atoms with Crippen molar-refractivity contribution in [3.8, 4) is 0 Å². The van der Waals surface area contributed by atoms with Crippen molar-refractivity contribution in [2.45, 2.75) is 51.3 Å². The number of aryl methyl sites for hydroxylation is 2. The van der Waals surface area contributed by atoms with E-state index in [9.17, 15) is 35.5 Å². The molecule has 12 heteroatoms. The lowest BCUT2D eigenvalue weighted by Gasteiger charge is -2.26. The van der Waals surface area contributed by atoms with Crippen LogP contribution in [0.4, 0.5) is 22.7 Å². The molecule has 1 aliphatic rings. The summed E-state index contributed by atoms with van der Waals surface area (Å²) in [5, 5.41) is 6.49. The molecule has 0 atom stereocenters. The predicted molar refractivity (Wildman–Crippen MR) is 167 cm³/mol. The third kappa shape index (κ3) is 5.09. The molecule has 1 aliphatic carbocycles. The summed E-state index contributed by atoms with van der Waals surface area (Å²) in [5.41, 5.74) is 5.05. The zero-order valence-electron chi connectivity index (χ0n) is 24.8. The first kappa shape index (κ1) is 31.1. The first-order valence-corrected chi connectivity index (χ1v) is 16.4. The molecule has 0 unspecified atom stereocenters. The van der Waals surface area contributed by atoms with Gasteiger partial charge in [-0.2, -0.15) is 16.8 Å². The quantitative estimate of drug-likeness (QED) is 0.156. The summed E-state index contributed by atoms with van der Waals surface area (Å²) in [7, 11) is -8.94. The third-order valence-electron chi connectivity index (χ3n) is 8.25. The smallest absolute Gasteiger partial charge is 0.294 e. The standard InChI is InChI=1S/C32H30N2O8S2/c1-15-13-25(43(37,38)39)17(3)19(5)29(15)33-23-11-12-24(28-27(23)31(35)21-9-7-8-10-22(21)32(28)36)34-30-16(2)14-26(44(40,41)42)18(4)20(30)6/h7-14,33-34H,1-6H3,(H,37,38,39)(H,40,41,42). The Morgan fingerprint density at radius 2 is 0.886 bits per heavy atom. The summed E-state index contributed by atoms with van der Waals surface area (Å²) >= 11 is 0. The fourth-order valence-electron chi connectivity index (χ4n) is 5.71. The monoisotopic (exact) mass is 634 g/mol. The number of hydrogen-bond donors (Lipinski definition) is 4. The fourth-order valence-corrected chi connectivity index (χ4v) is 7.44. The second-order valence-electron chi connectivity index (χ2n) is 10.9. The number of fused-ring (bicyclic) bond motifs is 2. The van der Waals surface area contributed by atoms with Gasteiger partial charge >= 0.3 is 0 Å². The van der Waals surface area contributed by atoms with E-state index in [1.807, 2.05) is 0 Å². The van der Waals surface area contributed by atoms with Crippen molar-refractivity contribution >= 4 is 54.6 Å². The topological polar surface area (TPSA) is 167 Å². The number of carbonyl (C=O) groups excluding carboxylic acids is 2. The maximum absolute atomic E-state index is 14.0. The molecule has 0 heterocycles. The highest BCUT2D eigenvalue weighted by atomic mass is 32.2.